The molecule has 0 spiro atoms. The molecule has 2 rings (SSSR count). The van der Waals surface area contributed by atoms with Crippen LogP contribution in [-0.2, 0) is 11.3 Å². The Morgan fingerprint density at radius 3 is 2.85 bits per heavy atom. The Morgan fingerprint density at radius 2 is 2.25 bits per heavy atom. The van der Waals surface area contributed by atoms with Crippen LogP contribution in [0.25, 0.3) is 0 Å². The maximum absolute atomic E-state index is 12.3. The van der Waals surface area contributed by atoms with Gasteiger partial charge in [-0.1, -0.05) is 18.2 Å². The van der Waals surface area contributed by atoms with Gasteiger partial charge in [-0.25, -0.2) is 0 Å². The number of anilines is 1. The molecule has 1 aliphatic heterocycles. The standard InChI is InChI=1S/C15H23N3O2/c1-11(18-8-7-15(2,20)10-18)14(19)17-13-6-4-3-5-12(13)9-16/h3-6,11,20H,7-10,16H2,1-2H3,(H,17,19). The number of aliphatic hydroxyl groups is 1. The summed E-state index contributed by atoms with van der Waals surface area (Å²) in [5, 5.41) is 12.9. The van der Waals surface area contributed by atoms with Crippen LogP contribution >= 0.6 is 0 Å². The molecule has 5 nitrogen and oxygen atoms in total. The van der Waals surface area contributed by atoms with Crippen molar-refractivity contribution in [3.8, 4) is 0 Å². The minimum Gasteiger partial charge on any atom is -0.389 e. The Kier molecular flexibility index (Phi) is 4.42. The third kappa shape index (κ3) is 3.36. The molecule has 1 aliphatic rings. The maximum atomic E-state index is 12.3. The number of nitrogens with one attached hydrogen (secondary N) is 1. The zero-order valence-electron chi connectivity index (χ0n) is 12.1. The molecule has 1 aromatic carbocycles. The Bertz CT molecular complexity index is 488. The number of nitrogens with zero attached hydrogens (tertiary/aromatic N) is 1. The molecule has 5 heteroatoms. The number of carbonyl (C=O) groups is 1. The number of hydrogen-bond donors (Lipinski definition) is 3. The number of β-amino-alcohol motifs (C(OH)–C–C–N with tert-alkyl or cyclic N) is 1. The SMILES string of the molecule is CC(C(=O)Nc1ccccc1CN)N1CCC(C)(O)C1. The highest BCUT2D eigenvalue weighted by atomic mass is 16.3. The van der Waals surface area contributed by atoms with Gasteiger partial charge in [-0.15, -0.1) is 0 Å². The van der Waals surface area contributed by atoms with Gasteiger partial charge >= 0.3 is 0 Å². The molecule has 1 fully saturated rings. The molecular weight excluding hydrogens is 254 g/mol. The highest BCUT2D eigenvalue weighted by Crippen LogP contribution is 2.23. The summed E-state index contributed by atoms with van der Waals surface area (Å²) in [5.74, 6) is -0.0661. The van der Waals surface area contributed by atoms with Crippen LogP contribution in [0, 0.1) is 0 Å². The van der Waals surface area contributed by atoms with Crippen molar-refractivity contribution < 1.29 is 9.90 Å². The average molecular weight is 277 g/mol. The number of rotatable bonds is 4. The summed E-state index contributed by atoms with van der Waals surface area (Å²) >= 11 is 0. The van der Waals surface area contributed by atoms with Gasteiger partial charge in [0.2, 0.25) is 5.91 Å². The summed E-state index contributed by atoms with van der Waals surface area (Å²) in [6.45, 7) is 5.33. The summed E-state index contributed by atoms with van der Waals surface area (Å²) in [7, 11) is 0. The Labute approximate surface area is 119 Å². The van der Waals surface area contributed by atoms with Crippen molar-refractivity contribution in [1.82, 2.24) is 4.90 Å². The number of benzene rings is 1. The van der Waals surface area contributed by atoms with E-state index < -0.39 is 5.60 Å². The van der Waals surface area contributed by atoms with Crippen molar-refractivity contribution >= 4 is 11.6 Å². The van der Waals surface area contributed by atoms with E-state index in [1.165, 1.54) is 0 Å². The fourth-order valence-corrected chi connectivity index (χ4v) is 2.53. The van der Waals surface area contributed by atoms with Crippen molar-refractivity contribution in [3.63, 3.8) is 0 Å². The van der Waals surface area contributed by atoms with Crippen LogP contribution in [0.3, 0.4) is 0 Å². The number of carbonyl (C=O) groups excluding carboxylic acids is 1. The first-order chi connectivity index (χ1) is 9.43. The van der Waals surface area contributed by atoms with E-state index in [2.05, 4.69) is 5.32 Å². The summed E-state index contributed by atoms with van der Waals surface area (Å²) < 4.78 is 0. The molecule has 0 aliphatic carbocycles. The maximum Gasteiger partial charge on any atom is 0.241 e. The second kappa shape index (κ2) is 5.91. The van der Waals surface area contributed by atoms with E-state index in [0.717, 1.165) is 17.8 Å². The van der Waals surface area contributed by atoms with Gasteiger partial charge in [0.15, 0.2) is 0 Å². The van der Waals surface area contributed by atoms with Crippen LogP contribution in [0.4, 0.5) is 5.69 Å². The molecular formula is C15H23N3O2. The van der Waals surface area contributed by atoms with Gasteiger partial charge in [0.25, 0.3) is 0 Å². The lowest BCUT2D eigenvalue weighted by Crippen LogP contribution is -2.42. The smallest absolute Gasteiger partial charge is 0.241 e. The quantitative estimate of drug-likeness (QED) is 0.765. The first-order valence-corrected chi connectivity index (χ1v) is 6.98. The summed E-state index contributed by atoms with van der Waals surface area (Å²) in [4.78, 5) is 14.3. The third-order valence-corrected chi connectivity index (χ3v) is 3.90. The van der Waals surface area contributed by atoms with Crippen LogP contribution in [-0.4, -0.2) is 40.6 Å². The minimum absolute atomic E-state index is 0.0661. The molecule has 20 heavy (non-hydrogen) atoms. The molecule has 4 N–H and O–H groups in total. The highest BCUT2D eigenvalue weighted by molar-refractivity contribution is 5.95. The second-order valence-corrected chi connectivity index (χ2v) is 5.74. The van der Waals surface area contributed by atoms with Gasteiger partial charge in [-0.05, 0) is 31.9 Å². The van der Waals surface area contributed by atoms with Gasteiger partial charge in [-0.2, -0.15) is 0 Å². The van der Waals surface area contributed by atoms with Gasteiger partial charge < -0.3 is 16.2 Å². The van der Waals surface area contributed by atoms with Crippen molar-refractivity contribution in [2.24, 2.45) is 5.73 Å². The highest BCUT2D eigenvalue weighted by Gasteiger charge is 2.35. The van der Waals surface area contributed by atoms with Gasteiger partial charge in [-0.3, -0.25) is 9.69 Å². The average Bonchev–Trinajstić information content (AvgIpc) is 2.78. The molecule has 0 radical (unpaired) electrons. The van der Waals surface area contributed by atoms with E-state index in [0.29, 0.717) is 19.5 Å². The predicted octanol–water partition coefficient (Wildman–Crippen LogP) is 0.929. The molecule has 1 amide bonds. The monoisotopic (exact) mass is 277 g/mol. The summed E-state index contributed by atoms with van der Waals surface area (Å²) in [6, 6.07) is 7.27. The fourth-order valence-electron chi connectivity index (χ4n) is 2.53. The molecule has 0 saturated carbocycles. The van der Waals surface area contributed by atoms with Crippen LogP contribution in [0.2, 0.25) is 0 Å². The number of amides is 1. The summed E-state index contributed by atoms with van der Waals surface area (Å²) in [6.07, 6.45) is 0.698. The molecule has 1 aromatic rings. The fraction of sp³-hybridized carbons (Fsp3) is 0.533. The first kappa shape index (κ1) is 15.0. The van der Waals surface area contributed by atoms with Crippen molar-refractivity contribution in [2.45, 2.75) is 38.5 Å². The van der Waals surface area contributed by atoms with Crippen LogP contribution in [0.1, 0.15) is 25.8 Å². The Hall–Kier alpha value is -1.43. The second-order valence-electron chi connectivity index (χ2n) is 5.74. The zero-order chi connectivity index (χ0) is 14.8. The minimum atomic E-state index is -0.691. The first-order valence-electron chi connectivity index (χ1n) is 6.98. The number of likely N-dealkylation sites (tertiary alicyclic amines) is 1. The Morgan fingerprint density at radius 1 is 1.55 bits per heavy atom. The third-order valence-electron chi connectivity index (χ3n) is 3.90. The van der Waals surface area contributed by atoms with Crippen LogP contribution in [0.5, 0.6) is 0 Å². The lowest BCUT2D eigenvalue weighted by molar-refractivity contribution is -0.120. The van der Waals surface area contributed by atoms with Crippen molar-refractivity contribution in [2.75, 3.05) is 18.4 Å². The van der Waals surface area contributed by atoms with E-state index in [9.17, 15) is 9.90 Å². The topological polar surface area (TPSA) is 78.6 Å². The number of hydrogen-bond acceptors (Lipinski definition) is 4. The van der Waals surface area contributed by atoms with Crippen LogP contribution < -0.4 is 11.1 Å². The largest absolute Gasteiger partial charge is 0.389 e. The van der Waals surface area contributed by atoms with E-state index in [1.54, 1.807) is 6.92 Å². The Balaban J connectivity index is 2.01. The van der Waals surface area contributed by atoms with E-state index >= 15 is 0 Å². The van der Waals surface area contributed by atoms with Gasteiger partial charge in [0, 0.05) is 25.3 Å². The van der Waals surface area contributed by atoms with Crippen molar-refractivity contribution in [3.05, 3.63) is 29.8 Å². The number of para-hydroxylation sites is 1. The molecule has 1 saturated heterocycles. The van der Waals surface area contributed by atoms with Crippen molar-refractivity contribution in [1.29, 1.82) is 0 Å². The lowest BCUT2D eigenvalue weighted by Gasteiger charge is -2.25. The van der Waals surface area contributed by atoms with Gasteiger partial charge in [0.05, 0.1) is 11.6 Å². The van der Waals surface area contributed by atoms with E-state index in [1.807, 2.05) is 36.1 Å². The molecule has 0 aromatic heterocycles. The zero-order valence-corrected chi connectivity index (χ0v) is 12.1. The molecule has 2 unspecified atom stereocenters. The predicted molar refractivity (Wildman–Crippen MR) is 79.2 cm³/mol. The molecule has 0 bridgehead atoms. The van der Waals surface area contributed by atoms with E-state index in [-0.39, 0.29) is 11.9 Å². The number of nitrogens with two attached hydrogens (primary N) is 1. The molecule has 1 heterocycles. The van der Waals surface area contributed by atoms with E-state index in [4.69, 9.17) is 5.73 Å². The normalized spacial score (nSPS) is 24.6. The van der Waals surface area contributed by atoms with Gasteiger partial charge in [0.1, 0.15) is 0 Å². The molecule has 110 valence electrons. The summed E-state index contributed by atoms with van der Waals surface area (Å²) in [5.41, 5.74) is 6.65. The van der Waals surface area contributed by atoms with Crippen LogP contribution in [0.15, 0.2) is 24.3 Å². The lowest BCUT2D eigenvalue weighted by atomic mass is 10.1. The molecule has 2 atom stereocenters.